The van der Waals surface area contributed by atoms with E-state index < -0.39 is 0 Å². The normalized spacial score (nSPS) is 19.0. The van der Waals surface area contributed by atoms with Gasteiger partial charge in [0.05, 0.1) is 11.4 Å². The molecule has 1 aromatic heterocycles. The minimum Gasteiger partial charge on any atom is -0.367 e. The number of nitrogens with two attached hydrogens (primary N) is 1. The SMILES string of the molecule is Cc1ccc(C)c(C2CC(=NN=C(N)NO)c3c(C)ccnc3C2)c1. The zero-order valence-electron chi connectivity index (χ0n) is 14.7. The van der Waals surface area contributed by atoms with E-state index in [0.29, 0.717) is 5.92 Å². The Hall–Kier alpha value is -2.73. The molecular weight excluding hydrogens is 314 g/mol. The second kappa shape index (κ2) is 7.03. The van der Waals surface area contributed by atoms with E-state index in [1.165, 1.54) is 16.7 Å². The maximum Gasteiger partial charge on any atom is 0.237 e. The van der Waals surface area contributed by atoms with Crippen LogP contribution in [-0.4, -0.2) is 21.9 Å². The Balaban J connectivity index is 2.08. The highest BCUT2D eigenvalue weighted by Gasteiger charge is 2.28. The largest absolute Gasteiger partial charge is 0.367 e. The molecule has 0 fully saturated rings. The van der Waals surface area contributed by atoms with Crippen LogP contribution in [0.25, 0.3) is 0 Å². The van der Waals surface area contributed by atoms with Crippen LogP contribution in [0.15, 0.2) is 40.7 Å². The standard InChI is InChI=1S/C19H23N5O/c1-11-4-5-12(2)15(8-11)14-9-16-18(13(3)6-7-21-16)17(10-14)22-23-19(20)24-25/h4-8,14,25H,9-10H2,1-3H3,(H3,20,23,24). The quantitative estimate of drug-likeness (QED) is 0.446. The predicted molar refractivity (Wildman–Crippen MR) is 99.0 cm³/mol. The predicted octanol–water partition coefficient (Wildman–Crippen LogP) is 2.73. The molecular formula is C19H23N5O. The van der Waals surface area contributed by atoms with E-state index in [9.17, 15) is 0 Å². The number of hydroxylamine groups is 1. The van der Waals surface area contributed by atoms with E-state index in [1.807, 2.05) is 24.7 Å². The number of aryl methyl sites for hydroxylation is 3. The van der Waals surface area contributed by atoms with E-state index in [2.05, 4.69) is 47.2 Å². The number of benzene rings is 1. The topological polar surface area (TPSA) is 95.9 Å². The summed E-state index contributed by atoms with van der Waals surface area (Å²) in [5.41, 5.74) is 15.2. The second-order valence-electron chi connectivity index (χ2n) is 6.56. The molecule has 6 nitrogen and oxygen atoms in total. The van der Waals surface area contributed by atoms with Crippen molar-refractivity contribution in [1.29, 1.82) is 0 Å². The third-order valence-corrected chi connectivity index (χ3v) is 4.67. The van der Waals surface area contributed by atoms with Crippen LogP contribution in [0.1, 0.15) is 45.8 Å². The van der Waals surface area contributed by atoms with Crippen LogP contribution in [0.2, 0.25) is 0 Å². The Morgan fingerprint density at radius 3 is 2.76 bits per heavy atom. The number of aromatic nitrogens is 1. The van der Waals surface area contributed by atoms with Crippen molar-refractivity contribution >= 4 is 11.7 Å². The number of fused-ring (bicyclic) bond motifs is 1. The summed E-state index contributed by atoms with van der Waals surface area (Å²) in [5.74, 6) is 0.156. The van der Waals surface area contributed by atoms with Gasteiger partial charge in [0.15, 0.2) is 0 Å². The summed E-state index contributed by atoms with van der Waals surface area (Å²) in [4.78, 5) is 4.58. The molecule has 1 atom stereocenters. The van der Waals surface area contributed by atoms with Gasteiger partial charge in [0.25, 0.3) is 0 Å². The first-order valence-electron chi connectivity index (χ1n) is 8.31. The molecule has 3 rings (SSSR count). The van der Waals surface area contributed by atoms with Gasteiger partial charge in [-0.2, -0.15) is 5.10 Å². The van der Waals surface area contributed by atoms with Crippen molar-refractivity contribution in [3.05, 3.63) is 64.0 Å². The molecule has 0 saturated heterocycles. The van der Waals surface area contributed by atoms with Gasteiger partial charge in [0, 0.05) is 11.8 Å². The van der Waals surface area contributed by atoms with Gasteiger partial charge < -0.3 is 5.73 Å². The van der Waals surface area contributed by atoms with Crippen molar-refractivity contribution in [3.8, 4) is 0 Å². The zero-order valence-corrected chi connectivity index (χ0v) is 14.7. The molecule has 1 aliphatic rings. The minimum atomic E-state index is -0.135. The lowest BCUT2D eigenvalue weighted by Gasteiger charge is -2.27. The monoisotopic (exact) mass is 337 g/mol. The lowest BCUT2D eigenvalue weighted by Crippen LogP contribution is -2.28. The van der Waals surface area contributed by atoms with Crippen molar-refractivity contribution in [2.45, 2.75) is 39.5 Å². The third kappa shape index (κ3) is 3.53. The van der Waals surface area contributed by atoms with E-state index >= 15 is 0 Å². The smallest absolute Gasteiger partial charge is 0.237 e. The van der Waals surface area contributed by atoms with Gasteiger partial charge in [0.1, 0.15) is 0 Å². The molecule has 0 aliphatic heterocycles. The summed E-state index contributed by atoms with van der Waals surface area (Å²) < 4.78 is 0. The first kappa shape index (κ1) is 17.1. The summed E-state index contributed by atoms with van der Waals surface area (Å²) in [5, 5.41) is 17.0. The van der Waals surface area contributed by atoms with Gasteiger partial charge in [-0.1, -0.05) is 23.8 Å². The minimum absolute atomic E-state index is 0.135. The number of nitrogens with one attached hydrogen (secondary N) is 1. The Labute approximate surface area is 147 Å². The molecule has 25 heavy (non-hydrogen) atoms. The Morgan fingerprint density at radius 1 is 1.20 bits per heavy atom. The van der Waals surface area contributed by atoms with Gasteiger partial charge >= 0.3 is 0 Å². The van der Waals surface area contributed by atoms with Gasteiger partial charge in [-0.05, 0) is 62.3 Å². The lowest BCUT2D eigenvalue weighted by atomic mass is 9.78. The van der Waals surface area contributed by atoms with Gasteiger partial charge in [-0.15, -0.1) is 5.10 Å². The maximum atomic E-state index is 8.82. The molecule has 0 saturated carbocycles. The van der Waals surface area contributed by atoms with Crippen LogP contribution in [-0.2, 0) is 6.42 Å². The first-order valence-corrected chi connectivity index (χ1v) is 8.31. The van der Waals surface area contributed by atoms with Crippen LogP contribution in [0, 0.1) is 20.8 Å². The maximum absolute atomic E-state index is 8.82. The molecule has 0 radical (unpaired) electrons. The molecule has 0 bridgehead atoms. The summed E-state index contributed by atoms with van der Waals surface area (Å²) in [6.07, 6.45) is 3.47. The molecule has 1 unspecified atom stereocenters. The molecule has 4 N–H and O–H groups in total. The highest BCUT2D eigenvalue weighted by molar-refractivity contribution is 6.04. The first-order chi connectivity index (χ1) is 12.0. The number of rotatable bonds is 2. The summed E-state index contributed by atoms with van der Waals surface area (Å²) in [7, 11) is 0. The highest BCUT2D eigenvalue weighted by atomic mass is 16.5. The van der Waals surface area contributed by atoms with Crippen molar-refractivity contribution in [2.75, 3.05) is 0 Å². The number of hydrogen-bond acceptors (Lipinski definition) is 4. The van der Waals surface area contributed by atoms with E-state index in [-0.39, 0.29) is 5.96 Å². The zero-order chi connectivity index (χ0) is 18.0. The van der Waals surface area contributed by atoms with Crippen LogP contribution in [0.4, 0.5) is 0 Å². The van der Waals surface area contributed by atoms with Gasteiger partial charge in [-0.25, -0.2) is 5.48 Å². The van der Waals surface area contributed by atoms with Crippen molar-refractivity contribution in [2.24, 2.45) is 15.9 Å². The van der Waals surface area contributed by atoms with Crippen molar-refractivity contribution < 1.29 is 5.21 Å². The molecule has 6 heteroatoms. The number of guanidine groups is 1. The number of hydrogen-bond donors (Lipinski definition) is 3. The summed E-state index contributed by atoms with van der Waals surface area (Å²) in [6, 6.07) is 8.51. The van der Waals surface area contributed by atoms with Crippen LogP contribution in [0.3, 0.4) is 0 Å². The van der Waals surface area contributed by atoms with Gasteiger partial charge in [-0.3, -0.25) is 10.2 Å². The molecule has 0 amide bonds. The van der Waals surface area contributed by atoms with Crippen molar-refractivity contribution in [3.63, 3.8) is 0 Å². The molecule has 1 aromatic carbocycles. The van der Waals surface area contributed by atoms with Crippen LogP contribution in [0.5, 0.6) is 0 Å². The van der Waals surface area contributed by atoms with E-state index in [0.717, 1.165) is 35.4 Å². The molecule has 0 spiro atoms. The average molecular weight is 337 g/mol. The number of nitrogens with zero attached hydrogens (tertiary/aromatic N) is 3. The summed E-state index contributed by atoms with van der Waals surface area (Å²) >= 11 is 0. The fourth-order valence-corrected chi connectivity index (χ4v) is 3.45. The van der Waals surface area contributed by atoms with Crippen molar-refractivity contribution in [1.82, 2.24) is 10.5 Å². The Bertz CT molecular complexity index is 857. The molecule has 130 valence electrons. The Morgan fingerprint density at radius 2 is 2.00 bits per heavy atom. The van der Waals surface area contributed by atoms with Crippen LogP contribution >= 0.6 is 0 Å². The average Bonchev–Trinajstić information content (AvgIpc) is 2.61. The second-order valence-corrected chi connectivity index (χ2v) is 6.56. The van der Waals surface area contributed by atoms with E-state index in [4.69, 9.17) is 10.9 Å². The highest BCUT2D eigenvalue weighted by Crippen LogP contribution is 2.35. The Kier molecular flexibility index (Phi) is 4.81. The van der Waals surface area contributed by atoms with Crippen LogP contribution < -0.4 is 11.2 Å². The number of pyridine rings is 1. The molecule has 1 aliphatic carbocycles. The fourth-order valence-electron chi connectivity index (χ4n) is 3.45. The lowest BCUT2D eigenvalue weighted by molar-refractivity contribution is 0.232. The van der Waals surface area contributed by atoms with Gasteiger partial charge in [0.2, 0.25) is 5.96 Å². The third-order valence-electron chi connectivity index (χ3n) is 4.67. The summed E-state index contributed by atoms with van der Waals surface area (Å²) in [6.45, 7) is 6.29. The molecule has 1 heterocycles. The fraction of sp³-hybridized carbons (Fsp3) is 0.316. The van der Waals surface area contributed by atoms with E-state index in [1.54, 1.807) is 0 Å². The molecule has 2 aromatic rings.